The summed E-state index contributed by atoms with van der Waals surface area (Å²) in [6.45, 7) is 3.03. The van der Waals surface area contributed by atoms with Crippen molar-refractivity contribution in [1.29, 1.82) is 5.26 Å². The summed E-state index contributed by atoms with van der Waals surface area (Å²) in [5, 5.41) is 11.3. The van der Waals surface area contributed by atoms with Gasteiger partial charge in [0.1, 0.15) is 0 Å². The van der Waals surface area contributed by atoms with Gasteiger partial charge in [0.2, 0.25) is 10.0 Å². The molecule has 1 amide bonds. The molecule has 0 aliphatic rings. The lowest BCUT2D eigenvalue weighted by Gasteiger charge is -2.09. The Morgan fingerprint density at radius 1 is 1.10 bits per heavy atom. The molecule has 0 unspecified atom stereocenters. The number of aryl methyl sites for hydroxylation is 2. The van der Waals surface area contributed by atoms with E-state index < -0.39 is 28.5 Å². The van der Waals surface area contributed by atoms with Crippen LogP contribution in [0.5, 0.6) is 0 Å². The number of amides is 1. The van der Waals surface area contributed by atoms with Crippen molar-refractivity contribution < 1.29 is 22.7 Å². The SMILES string of the molecule is Cc1ccc(S(=O)(=O)NCCC(=O)OCC(=O)Nc2cccc(C#N)c2)cc1C. The second-order valence-corrected chi connectivity index (χ2v) is 8.06. The Hall–Kier alpha value is -3.22. The minimum atomic E-state index is -3.74. The largest absolute Gasteiger partial charge is 0.456 e. The van der Waals surface area contributed by atoms with E-state index in [1.807, 2.05) is 19.9 Å². The summed E-state index contributed by atoms with van der Waals surface area (Å²) < 4.78 is 31.7. The van der Waals surface area contributed by atoms with E-state index in [1.165, 1.54) is 12.1 Å². The van der Waals surface area contributed by atoms with E-state index >= 15 is 0 Å². The average Bonchev–Trinajstić information content (AvgIpc) is 2.68. The van der Waals surface area contributed by atoms with Crippen molar-refractivity contribution in [2.24, 2.45) is 0 Å². The minimum absolute atomic E-state index is 0.118. The van der Waals surface area contributed by atoms with Crippen molar-refractivity contribution in [2.75, 3.05) is 18.5 Å². The minimum Gasteiger partial charge on any atom is -0.456 e. The van der Waals surface area contributed by atoms with Crippen LogP contribution in [-0.4, -0.2) is 33.4 Å². The lowest BCUT2D eigenvalue weighted by atomic mass is 10.1. The van der Waals surface area contributed by atoms with Crippen molar-refractivity contribution in [3.63, 3.8) is 0 Å². The number of ether oxygens (including phenoxy) is 1. The highest BCUT2D eigenvalue weighted by atomic mass is 32.2. The van der Waals surface area contributed by atoms with Crippen LogP contribution in [0.2, 0.25) is 0 Å². The predicted octanol–water partition coefficient (Wildman–Crippen LogP) is 2.03. The number of carbonyl (C=O) groups is 2. The number of hydrogen-bond donors (Lipinski definition) is 2. The molecule has 29 heavy (non-hydrogen) atoms. The summed E-state index contributed by atoms with van der Waals surface area (Å²) in [7, 11) is -3.74. The third kappa shape index (κ3) is 6.71. The van der Waals surface area contributed by atoms with Crippen molar-refractivity contribution in [3.05, 3.63) is 59.2 Å². The monoisotopic (exact) mass is 415 g/mol. The standard InChI is InChI=1S/C20H21N3O5S/c1-14-6-7-18(10-15(14)2)29(26,27)22-9-8-20(25)28-13-19(24)23-17-5-3-4-16(11-17)12-21/h3-7,10-11,22H,8-9,13H2,1-2H3,(H,23,24). The first-order valence-electron chi connectivity index (χ1n) is 8.74. The molecule has 2 rings (SSSR count). The molecule has 2 aromatic rings. The van der Waals surface area contributed by atoms with Gasteiger partial charge in [-0.3, -0.25) is 9.59 Å². The Labute approximate surface area is 169 Å². The van der Waals surface area contributed by atoms with Gasteiger partial charge in [-0.1, -0.05) is 12.1 Å². The van der Waals surface area contributed by atoms with Gasteiger partial charge in [0.05, 0.1) is 22.9 Å². The van der Waals surface area contributed by atoms with Crippen molar-refractivity contribution in [1.82, 2.24) is 4.72 Å². The number of esters is 1. The molecule has 8 nitrogen and oxygen atoms in total. The number of rotatable bonds is 8. The Morgan fingerprint density at radius 2 is 1.86 bits per heavy atom. The van der Waals surface area contributed by atoms with Crippen LogP contribution in [0.25, 0.3) is 0 Å². The zero-order chi connectivity index (χ0) is 21.4. The molecule has 0 radical (unpaired) electrons. The van der Waals surface area contributed by atoms with Gasteiger partial charge < -0.3 is 10.1 Å². The molecule has 0 spiro atoms. The van der Waals surface area contributed by atoms with Gasteiger partial charge in [-0.25, -0.2) is 13.1 Å². The maximum atomic E-state index is 12.2. The van der Waals surface area contributed by atoms with Crippen LogP contribution in [0.1, 0.15) is 23.1 Å². The first kappa shape index (κ1) is 22.1. The highest BCUT2D eigenvalue weighted by Crippen LogP contribution is 2.14. The number of nitrogens with one attached hydrogen (secondary N) is 2. The second-order valence-electron chi connectivity index (χ2n) is 6.30. The highest BCUT2D eigenvalue weighted by Gasteiger charge is 2.15. The molecule has 2 N–H and O–H groups in total. The molecular formula is C20H21N3O5S. The van der Waals surface area contributed by atoms with Gasteiger partial charge in [-0.05, 0) is 55.3 Å². The number of nitriles is 1. The fraction of sp³-hybridized carbons (Fsp3) is 0.250. The normalized spacial score (nSPS) is 10.8. The maximum Gasteiger partial charge on any atom is 0.307 e. The zero-order valence-corrected chi connectivity index (χ0v) is 16.9. The Morgan fingerprint density at radius 3 is 2.55 bits per heavy atom. The van der Waals surface area contributed by atoms with E-state index in [2.05, 4.69) is 10.0 Å². The van der Waals surface area contributed by atoms with Crippen LogP contribution < -0.4 is 10.0 Å². The van der Waals surface area contributed by atoms with E-state index in [9.17, 15) is 18.0 Å². The Bertz CT molecular complexity index is 1060. The molecule has 2 aromatic carbocycles. The summed E-state index contributed by atoms with van der Waals surface area (Å²) in [4.78, 5) is 23.7. The molecule has 0 saturated heterocycles. The number of carbonyl (C=O) groups excluding carboxylic acids is 2. The van der Waals surface area contributed by atoms with Crippen LogP contribution in [-0.2, 0) is 24.3 Å². The van der Waals surface area contributed by atoms with Crippen LogP contribution in [0.4, 0.5) is 5.69 Å². The van der Waals surface area contributed by atoms with E-state index in [0.29, 0.717) is 11.3 Å². The molecule has 0 saturated carbocycles. The highest BCUT2D eigenvalue weighted by molar-refractivity contribution is 7.89. The molecule has 0 fully saturated rings. The molecular weight excluding hydrogens is 394 g/mol. The van der Waals surface area contributed by atoms with Crippen LogP contribution in [0, 0.1) is 25.2 Å². The summed E-state index contributed by atoms with van der Waals surface area (Å²) in [6, 6.07) is 13.0. The number of benzene rings is 2. The van der Waals surface area contributed by atoms with Gasteiger partial charge in [-0.2, -0.15) is 5.26 Å². The molecule has 0 heterocycles. The van der Waals surface area contributed by atoms with Gasteiger partial charge in [0.15, 0.2) is 6.61 Å². The van der Waals surface area contributed by atoms with Gasteiger partial charge in [-0.15, -0.1) is 0 Å². The number of nitrogens with zero attached hydrogens (tertiary/aromatic N) is 1. The van der Waals surface area contributed by atoms with Crippen molar-refractivity contribution >= 4 is 27.6 Å². The van der Waals surface area contributed by atoms with Crippen LogP contribution >= 0.6 is 0 Å². The van der Waals surface area contributed by atoms with E-state index in [4.69, 9.17) is 10.00 Å². The van der Waals surface area contributed by atoms with Gasteiger partial charge >= 0.3 is 5.97 Å². The molecule has 0 bridgehead atoms. The number of hydrogen-bond acceptors (Lipinski definition) is 6. The summed E-state index contributed by atoms with van der Waals surface area (Å²) in [5.41, 5.74) is 2.62. The summed E-state index contributed by atoms with van der Waals surface area (Å²) >= 11 is 0. The van der Waals surface area contributed by atoms with Crippen LogP contribution in [0.3, 0.4) is 0 Å². The molecule has 9 heteroatoms. The van der Waals surface area contributed by atoms with Crippen molar-refractivity contribution in [3.8, 4) is 6.07 Å². The van der Waals surface area contributed by atoms with Crippen LogP contribution in [0.15, 0.2) is 47.4 Å². The first-order chi connectivity index (χ1) is 13.7. The smallest absolute Gasteiger partial charge is 0.307 e. The summed E-state index contributed by atoms with van der Waals surface area (Å²) in [6.07, 6.45) is -0.221. The third-order valence-electron chi connectivity index (χ3n) is 4.05. The predicted molar refractivity (Wildman–Crippen MR) is 106 cm³/mol. The van der Waals surface area contributed by atoms with E-state index in [1.54, 1.807) is 30.3 Å². The lowest BCUT2D eigenvalue weighted by molar-refractivity contribution is -0.147. The Balaban J connectivity index is 1.77. The number of sulfonamides is 1. The van der Waals surface area contributed by atoms with E-state index in [0.717, 1.165) is 11.1 Å². The quantitative estimate of drug-likeness (QED) is 0.636. The lowest BCUT2D eigenvalue weighted by Crippen LogP contribution is -2.28. The molecule has 0 aliphatic heterocycles. The van der Waals surface area contributed by atoms with E-state index in [-0.39, 0.29) is 17.9 Å². The average molecular weight is 415 g/mol. The second kappa shape index (κ2) is 9.82. The van der Waals surface area contributed by atoms with Gasteiger partial charge in [0.25, 0.3) is 5.91 Å². The molecule has 152 valence electrons. The maximum absolute atomic E-state index is 12.2. The van der Waals surface area contributed by atoms with Crippen molar-refractivity contribution in [2.45, 2.75) is 25.2 Å². The fourth-order valence-electron chi connectivity index (χ4n) is 2.33. The number of anilines is 1. The van der Waals surface area contributed by atoms with Gasteiger partial charge in [0, 0.05) is 12.2 Å². The summed E-state index contributed by atoms with van der Waals surface area (Å²) in [5.74, 6) is -1.28. The first-order valence-corrected chi connectivity index (χ1v) is 10.2. The topological polar surface area (TPSA) is 125 Å². The Kier molecular flexibility index (Phi) is 7.47. The molecule has 0 atom stereocenters. The third-order valence-corrected chi connectivity index (χ3v) is 5.51. The molecule has 0 aliphatic carbocycles. The zero-order valence-electron chi connectivity index (χ0n) is 16.1. The molecule has 0 aromatic heterocycles. The fourth-order valence-corrected chi connectivity index (χ4v) is 3.45.